The summed E-state index contributed by atoms with van der Waals surface area (Å²) < 4.78 is 1.67. The van der Waals surface area contributed by atoms with Crippen LogP contribution in [0, 0.1) is 6.92 Å². The van der Waals surface area contributed by atoms with Gasteiger partial charge in [-0.3, -0.25) is 14.6 Å². The fourth-order valence-corrected chi connectivity index (χ4v) is 2.85. The Morgan fingerprint density at radius 2 is 2.40 bits per heavy atom. The van der Waals surface area contributed by atoms with Crippen LogP contribution >= 0.6 is 0 Å². The van der Waals surface area contributed by atoms with E-state index < -0.39 is 0 Å². The molecule has 0 saturated carbocycles. The summed E-state index contributed by atoms with van der Waals surface area (Å²) in [5, 5.41) is 11.2. The number of nitrogens with one attached hydrogen (secondary N) is 1. The highest BCUT2D eigenvalue weighted by atomic mass is 16.2. The number of piperidine rings is 1. The number of aryl methyl sites for hydroxylation is 1. The van der Waals surface area contributed by atoms with Gasteiger partial charge in [0.05, 0.1) is 17.9 Å². The molecule has 1 amide bonds. The van der Waals surface area contributed by atoms with Crippen LogP contribution in [0.3, 0.4) is 0 Å². The molecule has 1 fully saturated rings. The first-order chi connectivity index (χ1) is 9.75. The SMILES string of the molecule is Cc1cn[nH]c1[C@H]1CCCCN1C(=O)Cn1cccn1. The molecule has 1 aliphatic heterocycles. The van der Waals surface area contributed by atoms with Crippen molar-refractivity contribution in [2.75, 3.05) is 6.54 Å². The lowest BCUT2D eigenvalue weighted by Gasteiger charge is -2.35. The lowest BCUT2D eigenvalue weighted by molar-refractivity contribution is -0.136. The van der Waals surface area contributed by atoms with Crippen molar-refractivity contribution in [1.29, 1.82) is 0 Å². The van der Waals surface area contributed by atoms with Crippen LogP contribution in [0.4, 0.5) is 0 Å². The van der Waals surface area contributed by atoms with E-state index in [0.717, 1.165) is 37.1 Å². The molecule has 1 saturated heterocycles. The van der Waals surface area contributed by atoms with Crippen molar-refractivity contribution in [2.45, 2.75) is 38.8 Å². The summed E-state index contributed by atoms with van der Waals surface area (Å²) in [4.78, 5) is 14.5. The van der Waals surface area contributed by atoms with Crippen molar-refractivity contribution in [1.82, 2.24) is 24.9 Å². The van der Waals surface area contributed by atoms with E-state index in [4.69, 9.17) is 0 Å². The first-order valence-corrected chi connectivity index (χ1v) is 7.02. The summed E-state index contributed by atoms with van der Waals surface area (Å²) in [6.07, 6.45) is 8.54. The van der Waals surface area contributed by atoms with Crippen LogP contribution in [0.25, 0.3) is 0 Å². The van der Waals surface area contributed by atoms with Gasteiger partial charge in [-0.15, -0.1) is 0 Å². The minimum absolute atomic E-state index is 0.118. The van der Waals surface area contributed by atoms with E-state index in [-0.39, 0.29) is 11.9 Å². The molecule has 0 bridgehead atoms. The zero-order valence-electron chi connectivity index (χ0n) is 11.6. The molecule has 2 aromatic heterocycles. The van der Waals surface area contributed by atoms with Gasteiger partial charge in [0.25, 0.3) is 0 Å². The summed E-state index contributed by atoms with van der Waals surface area (Å²) in [5.41, 5.74) is 2.19. The Morgan fingerprint density at radius 3 is 3.10 bits per heavy atom. The number of aromatic amines is 1. The molecule has 1 atom stereocenters. The van der Waals surface area contributed by atoms with Gasteiger partial charge in [0.1, 0.15) is 6.54 Å². The number of likely N-dealkylation sites (tertiary alicyclic amines) is 1. The van der Waals surface area contributed by atoms with Crippen LogP contribution in [-0.4, -0.2) is 37.3 Å². The highest BCUT2D eigenvalue weighted by molar-refractivity contribution is 5.76. The van der Waals surface area contributed by atoms with Crippen molar-refractivity contribution in [3.8, 4) is 0 Å². The molecule has 0 aliphatic carbocycles. The predicted octanol–water partition coefficient (Wildman–Crippen LogP) is 1.67. The maximum absolute atomic E-state index is 12.5. The Kier molecular flexibility index (Phi) is 3.54. The number of carbonyl (C=O) groups excluding carboxylic acids is 1. The Balaban J connectivity index is 1.78. The number of carbonyl (C=O) groups is 1. The molecular formula is C14H19N5O. The molecule has 1 aliphatic rings. The van der Waals surface area contributed by atoms with E-state index in [2.05, 4.69) is 15.3 Å². The average molecular weight is 273 g/mol. The van der Waals surface area contributed by atoms with Gasteiger partial charge in [-0.05, 0) is 37.8 Å². The number of amides is 1. The second kappa shape index (κ2) is 5.48. The fraction of sp³-hybridized carbons (Fsp3) is 0.500. The fourth-order valence-electron chi connectivity index (χ4n) is 2.85. The van der Waals surface area contributed by atoms with Crippen molar-refractivity contribution in [2.24, 2.45) is 0 Å². The molecule has 106 valence electrons. The summed E-state index contributed by atoms with van der Waals surface area (Å²) in [5.74, 6) is 0.118. The third kappa shape index (κ3) is 2.45. The molecule has 0 aromatic carbocycles. The summed E-state index contributed by atoms with van der Waals surface area (Å²) in [6.45, 7) is 3.14. The largest absolute Gasteiger partial charge is 0.332 e. The normalized spacial score (nSPS) is 19.2. The van der Waals surface area contributed by atoms with Gasteiger partial charge in [0, 0.05) is 18.9 Å². The maximum Gasteiger partial charge on any atom is 0.244 e. The molecule has 3 rings (SSSR count). The number of H-pyrrole nitrogens is 1. The smallest absolute Gasteiger partial charge is 0.244 e. The Labute approximate surface area is 117 Å². The third-order valence-electron chi connectivity index (χ3n) is 3.88. The Bertz CT molecular complexity index is 574. The van der Waals surface area contributed by atoms with E-state index in [9.17, 15) is 4.79 Å². The van der Waals surface area contributed by atoms with E-state index >= 15 is 0 Å². The molecular weight excluding hydrogens is 254 g/mol. The number of nitrogens with zero attached hydrogens (tertiary/aromatic N) is 4. The lowest BCUT2D eigenvalue weighted by Crippen LogP contribution is -2.40. The summed E-state index contributed by atoms with van der Waals surface area (Å²) in [7, 11) is 0. The first-order valence-electron chi connectivity index (χ1n) is 7.02. The third-order valence-corrected chi connectivity index (χ3v) is 3.88. The van der Waals surface area contributed by atoms with Crippen LogP contribution in [0.5, 0.6) is 0 Å². The molecule has 20 heavy (non-hydrogen) atoms. The number of aromatic nitrogens is 4. The lowest BCUT2D eigenvalue weighted by atomic mass is 9.97. The highest BCUT2D eigenvalue weighted by Crippen LogP contribution is 2.31. The summed E-state index contributed by atoms with van der Waals surface area (Å²) >= 11 is 0. The standard InChI is InChI=1S/C14H19N5O/c1-11-9-15-17-14(11)12-5-2-3-8-19(12)13(20)10-18-7-4-6-16-18/h4,6-7,9,12H,2-3,5,8,10H2,1H3,(H,15,17)/t12-/m1/s1. The predicted molar refractivity (Wildman–Crippen MR) is 73.9 cm³/mol. The molecule has 6 heteroatoms. The van der Waals surface area contributed by atoms with Gasteiger partial charge in [0.15, 0.2) is 0 Å². The zero-order chi connectivity index (χ0) is 13.9. The minimum Gasteiger partial charge on any atom is -0.332 e. The molecule has 0 unspecified atom stereocenters. The molecule has 1 N–H and O–H groups in total. The second-order valence-electron chi connectivity index (χ2n) is 5.27. The van der Waals surface area contributed by atoms with Gasteiger partial charge >= 0.3 is 0 Å². The Hall–Kier alpha value is -2.11. The van der Waals surface area contributed by atoms with Gasteiger partial charge < -0.3 is 4.90 Å². The monoisotopic (exact) mass is 273 g/mol. The first kappa shape index (κ1) is 12.9. The van der Waals surface area contributed by atoms with Gasteiger partial charge in [-0.25, -0.2) is 0 Å². The van der Waals surface area contributed by atoms with Crippen LogP contribution in [0.2, 0.25) is 0 Å². The average Bonchev–Trinajstić information content (AvgIpc) is 3.10. The number of rotatable bonds is 3. The van der Waals surface area contributed by atoms with Crippen LogP contribution in [0.1, 0.15) is 36.6 Å². The van der Waals surface area contributed by atoms with E-state index in [1.807, 2.05) is 30.3 Å². The molecule has 0 radical (unpaired) electrons. The van der Waals surface area contributed by atoms with Crippen LogP contribution in [0.15, 0.2) is 24.7 Å². The molecule has 3 heterocycles. The van der Waals surface area contributed by atoms with Gasteiger partial charge in [0.2, 0.25) is 5.91 Å². The van der Waals surface area contributed by atoms with Crippen molar-refractivity contribution in [3.05, 3.63) is 35.9 Å². The molecule has 2 aromatic rings. The van der Waals surface area contributed by atoms with Crippen LogP contribution < -0.4 is 0 Å². The molecule has 6 nitrogen and oxygen atoms in total. The van der Waals surface area contributed by atoms with E-state index in [1.54, 1.807) is 10.9 Å². The number of hydrogen-bond donors (Lipinski definition) is 1. The molecule has 0 spiro atoms. The topological polar surface area (TPSA) is 66.8 Å². The zero-order valence-corrected chi connectivity index (χ0v) is 11.6. The van der Waals surface area contributed by atoms with Crippen molar-refractivity contribution in [3.63, 3.8) is 0 Å². The maximum atomic E-state index is 12.5. The van der Waals surface area contributed by atoms with E-state index in [1.165, 1.54) is 0 Å². The van der Waals surface area contributed by atoms with Crippen LogP contribution in [-0.2, 0) is 11.3 Å². The van der Waals surface area contributed by atoms with Crippen molar-refractivity contribution < 1.29 is 4.79 Å². The quantitative estimate of drug-likeness (QED) is 0.925. The van der Waals surface area contributed by atoms with Gasteiger partial charge in [-0.1, -0.05) is 0 Å². The highest BCUT2D eigenvalue weighted by Gasteiger charge is 2.29. The Morgan fingerprint density at radius 1 is 1.50 bits per heavy atom. The summed E-state index contributed by atoms with van der Waals surface area (Å²) in [6, 6.07) is 1.95. The van der Waals surface area contributed by atoms with Crippen molar-refractivity contribution >= 4 is 5.91 Å². The second-order valence-corrected chi connectivity index (χ2v) is 5.27. The number of hydrogen-bond acceptors (Lipinski definition) is 3. The van der Waals surface area contributed by atoms with E-state index in [0.29, 0.717) is 6.54 Å². The van der Waals surface area contributed by atoms with Gasteiger partial charge in [-0.2, -0.15) is 10.2 Å². The minimum atomic E-state index is 0.118.